The molecule has 2 unspecified atom stereocenters. The van der Waals surface area contributed by atoms with Crippen LogP contribution in [0.1, 0.15) is 24.8 Å². The maximum Gasteiger partial charge on any atom is 0.323 e. The summed E-state index contributed by atoms with van der Waals surface area (Å²) >= 11 is 0. The molecule has 1 aliphatic heterocycles. The van der Waals surface area contributed by atoms with E-state index < -0.39 is 11.5 Å². The molecular formula is C13H17NO3. The van der Waals surface area contributed by atoms with Gasteiger partial charge >= 0.3 is 5.97 Å². The first-order valence-electron chi connectivity index (χ1n) is 5.67. The van der Waals surface area contributed by atoms with E-state index in [0.717, 1.165) is 11.3 Å². The molecule has 0 amide bonds. The summed E-state index contributed by atoms with van der Waals surface area (Å²) in [4.78, 5) is 11.1. The number of hydrogen-bond acceptors (Lipinski definition) is 3. The van der Waals surface area contributed by atoms with Crippen molar-refractivity contribution < 1.29 is 14.6 Å². The minimum absolute atomic E-state index is 0.252. The summed E-state index contributed by atoms with van der Waals surface area (Å²) in [5.41, 5.74) is 0.355. The maximum absolute atomic E-state index is 11.1. The second kappa shape index (κ2) is 4.37. The summed E-state index contributed by atoms with van der Waals surface area (Å²) in [6.07, 6.45) is 0.620. The van der Waals surface area contributed by atoms with Crippen LogP contribution in [0.5, 0.6) is 5.75 Å². The first-order valence-corrected chi connectivity index (χ1v) is 5.67. The van der Waals surface area contributed by atoms with Gasteiger partial charge in [-0.05, 0) is 37.0 Å². The van der Waals surface area contributed by atoms with E-state index in [-0.39, 0.29) is 5.92 Å². The van der Waals surface area contributed by atoms with Crippen LogP contribution in [0.15, 0.2) is 24.3 Å². The zero-order valence-electron chi connectivity index (χ0n) is 10.1. The van der Waals surface area contributed by atoms with E-state index in [9.17, 15) is 4.79 Å². The Morgan fingerprint density at radius 1 is 1.47 bits per heavy atom. The number of nitrogens with one attached hydrogen (secondary N) is 1. The fourth-order valence-corrected chi connectivity index (χ4v) is 2.26. The molecule has 17 heavy (non-hydrogen) atoms. The number of carboxylic acids is 1. The van der Waals surface area contributed by atoms with Crippen molar-refractivity contribution in [2.24, 2.45) is 0 Å². The normalized spacial score (nSPS) is 28.0. The topological polar surface area (TPSA) is 58.6 Å². The molecule has 1 fully saturated rings. The van der Waals surface area contributed by atoms with Gasteiger partial charge < -0.3 is 15.2 Å². The molecule has 2 N–H and O–H groups in total. The van der Waals surface area contributed by atoms with Crippen molar-refractivity contribution in [1.29, 1.82) is 0 Å². The van der Waals surface area contributed by atoms with Gasteiger partial charge in [0.15, 0.2) is 0 Å². The lowest BCUT2D eigenvalue weighted by Crippen LogP contribution is -2.44. The van der Waals surface area contributed by atoms with Crippen molar-refractivity contribution in [1.82, 2.24) is 5.32 Å². The molecule has 0 saturated carbocycles. The lowest BCUT2D eigenvalue weighted by Gasteiger charge is -2.18. The first-order chi connectivity index (χ1) is 8.05. The van der Waals surface area contributed by atoms with Crippen LogP contribution in [0.2, 0.25) is 0 Å². The van der Waals surface area contributed by atoms with Crippen molar-refractivity contribution in [3.63, 3.8) is 0 Å². The molecule has 1 aromatic rings. The van der Waals surface area contributed by atoms with E-state index in [1.54, 1.807) is 14.0 Å². The lowest BCUT2D eigenvalue weighted by atomic mass is 9.90. The fourth-order valence-electron chi connectivity index (χ4n) is 2.26. The van der Waals surface area contributed by atoms with Crippen LogP contribution >= 0.6 is 0 Å². The Bertz CT molecular complexity index is 415. The molecule has 0 aliphatic carbocycles. The highest BCUT2D eigenvalue weighted by molar-refractivity contribution is 5.79. The van der Waals surface area contributed by atoms with Crippen molar-refractivity contribution >= 4 is 5.97 Å². The van der Waals surface area contributed by atoms with Crippen LogP contribution in [0, 0.1) is 0 Å². The zero-order chi connectivity index (χ0) is 12.5. The van der Waals surface area contributed by atoms with Gasteiger partial charge in [0.05, 0.1) is 7.11 Å². The third-order valence-electron chi connectivity index (χ3n) is 3.45. The van der Waals surface area contributed by atoms with Gasteiger partial charge in [-0.3, -0.25) is 4.79 Å². The van der Waals surface area contributed by atoms with Gasteiger partial charge in [0.1, 0.15) is 11.3 Å². The van der Waals surface area contributed by atoms with Gasteiger partial charge in [0.2, 0.25) is 0 Å². The molecule has 4 nitrogen and oxygen atoms in total. The summed E-state index contributed by atoms with van der Waals surface area (Å²) in [6.45, 7) is 2.44. The van der Waals surface area contributed by atoms with Gasteiger partial charge in [-0.15, -0.1) is 0 Å². The van der Waals surface area contributed by atoms with Crippen LogP contribution < -0.4 is 10.1 Å². The molecule has 0 bridgehead atoms. The third kappa shape index (κ3) is 2.26. The maximum atomic E-state index is 11.1. The Morgan fingerprint density at radius 2 is 2.12 bits per heavy atom. The highest BCUT2D eigenvalue weighted by atomic mass is 16.5. The standard InChI is InChI=1S/C13H17NO3/c1-13(12(15)16)7-10(8-14-13)9-3-5-11(17-2)6-4-9/h3-6,10,14H,7-8H2,1-2H3,(H,15,16). The number of benzene rings is 1. The molecule has 1 heterocycles. The van der Waals surface area contributed by atoms with E-state index in [1.807, 2.05) is 24.3 Å². The van der Waals surface area contributed by atoms with Crippen LogP contribution in [0.25, 0.3) is 0 Å². The summed E-state index contributed by atoms with van der Waals surface area (Å²) < 4.78 is 5.10. The molecule has 1 saturated heterocycles. The summed E-state index contributed by atoms with van der Waals surface area (Å²) in [5, 5.41) is 12.2. The number of carboxylic acid groups (broad SMARTS) is 1. The average Bonchev–Trinajstić information content (AvgIpc) is 2.74. The second-order valence-corrected chi connectivity index (χ2v) is 4.69. The molecule has 2 atom stereocenters. The monoisotopic (exact) mass is 235 g/mol. The number of hydrogen-bond donors (Lipinski definition) is 2. The summed E-state index contributed by atoms with van der Waals surface area (Å²) in [5.74, 6) is 0.288. The number of methoxy groups -OCH3 is 1. The SMILES string of the molecule is COc1ccc(C2CNC(C)(C(=O)O)C2)cc1. The van der Waals surface area contributed by atoms with Gasteiger partial charge in [-0.1, -0.05) is 12.1 Å². The molecule has 4 heteroatoms. The Morgan fingerprint density at radius 3 is 2.59 bits per heavy atom. The molecule has 92 valence electrons. The molecule has 0 aromatic heterocycles. The van der Waals surface area contributed by atoms with Gasteiger partial charge in [-0.2, -0.15) is 0 Å². The predicted octanol–water partition coefficient (Wildman–Crippen LogP) is 1.62. The van der Waals surface area contributed by atoms with Crippen molar-refractivity contribution in [3.8, 4) is 5.75 Å². The van der Waals surface area contributed by atoms with E-state index in [0.29, 0.717) is 13.0 Å². The Hall–Kier alpha value is -1.55. The zero-order valence-corrected chi connectivity index (χ0v) is 10.1. The minimum Gasteiger partial charge on any atom is -0.497 e. The number of aliphatic carboxylic acids is 1. The van der Waals surface area contributed by atoms with E-state index in [1.165, 1.54) is 0 Å². The molecule has 1 aromatic carbocycles. The Balaban J connectivity index is 2.12. The van der Waals surface area contributed by atoms with Gasteiger partial charge in [0.25, 0.3) is 0 Å². The smallest absolute Gasteiger partial charge is 0.323 e. The van der Waals surface area contributed by atoms with Gasteiger partial charge in [-0.25, -0.2) is 0 Å². The molecule has 2 rings (SSSR count). The summed E-state index contributed by atoms with van der Waals surface area (Å²) in [6, 6.07) is 7.81. The second-order valence-electron chi connectivity index (χ2n) is 4.69. The van der Waals surface area contributed by atoms with Crippen LogP contribution in [0.4, 0.5) is 0 Å². The Kier molecular flexibility index (Phi) is 3.07. The summed E-state index contributed by atoms with van der Waals surface area (Å²) in [7, 11) is 1.63. The molecule has 0 spiro atoms. The average molecular weight is 235 g/mol. The largest absolute Gasteiger partial charge is 0.497 e. The molecule has 1 aliphatic rings. The third-order valence-corrected chi connectivity index (χ3v) is 3.45. The lowest BCUT2D eigenvalue weighted by molar-refractivity contribution is -0.143. The fraction of sp³-hybridized carbons (Fsp3) is 0.462. The van der Waals surface area contributed by atoms with Crippen LogP contribution in [-0.4, -0.2) is 30.3 Å². The van der Waals surface area contributed by atoms with E-state index >= 15 is 0 Å². The van der Waals surface area contributed by atoms with Crippen molar-refractivity contribution in [2.75, 3.05) is 13.7 Å². The van der Waals surface area contributed by atoms with E-state index in [4.69, 9.17) is 9.84 Å². The van der Waals surface area contributed by atoms with Crippen LogP contribution in [-0.2, 0) is 4.79 Å². The first kappa shape index (κ1) is 11.9. The molecule has 0 radical (unpaired) electrons. The predicted molar refractivity (Wildman–Crippen MR) is 64.4 cm³/mol. The number of carbonyl (C=O) groups is 1. The van der Waals surface area contributed by atoms with Crippen LogP contribution in [0.3, 0.4) is 0 Å². The highest BCUT2D eigenvalue weighted by Crippen LogP contribution is 2.32. The highest BCUT2D eigenvalue weighted by Gasteiger charge is 2.41. The van der Waals surface area contributed by atoms with Crippen molar-refractivity contribution in [2.45, 2.75) is 24.8 Å². The molecular weight excluding hydrogens is 218 g/mol. The van der Waals surface area contributed by atoms with E-state index in [2.05, 4.69) is 5.32 Å². The number of ether oxygens (including phenoxy) is 1. The van der Waals surface area contributed by atoms with Crippen molar-refractivity contribution in [3.05, 3.63) is 29.8 Å². The number of rotatable bonds is 3. The quantitative estimate of drug-likeness (QED) is 0.835. The minimum atomic E-state index is -0.801. The van der Waals surface area contributed by atoms with Gasteiger partial charge in [0, 0.05) is 6.54 Å². The Labute approximate surface area is 101 Å².